The van der Waals surface area contributed by atoms with Gasteiger partial charge in [-0.25, -0.2) is 4.98 Å². The fourth-order valence-corrected chi connectivity index (χ4v) is 4.98. The standard InChI is InChI=1S/C17H20BrClN2/c18-14-3-4-16-15(9-14)20-17(5-6-19)21(16)10-13-8-11-1-2-12(13)7-11/h3-4,9,11-13H,1-2,5-8,10H2. The van der Waals surface area contributed by atoms with Crippen LogP contribution in [0.3, 0.4) is 0 Å². The number of imidazole rings is 1. The van der Waals surface area contributed by atoms with E-state index in [0.29, 0.717) is 5.88 Å². The van der Waals surface area contributed by atoms with Gasteiger partial charge in [0.2, 0.25) is 0 Å². The van der Waals surface area contributed by atoms with E-state index in [1.807, 2.05) is 0 Å². The molecule has 112 valence electrons. The zero-order valence-electron chi connectivity index (χ0n) is 12.1. The van der Waals surface area contributed by atoms with Crippen molar-refractivity contribution >= 4 is 38.6 Å². The highest BCUT2D eigenvalue weighted by molar-refractivity contribution is 9.10. The van der Waals surface area contributed by atoms with Crippen molar-refractivity contribution in [2.75, 3.05) is 5.88 Å². The minimum Gasteiger partial charge on any atom is -0.328 e. The van der Waals surface area contributed by atoms with Crippen molar-refractivity contribution < 1.29 is 0 Å². The molecule has 0 radical (unpaired) electrons. The summed E-state index contributed by atoms with van der Waals surface area (Å²) in [5.41, 5.74) is 2.36. The Morgan fingerprint density at radius 1 is 1.29 bits per heavy atom. The zero-order valence-corrected chi connectivity index (χ0v) is 14.4. The second-order valence-corrected chi connectivity index (χ2v) is 7.94. The quantitative estimate of drug-likeness (QED) is 0.694. The average Bonchev–Trinajstić information content (AvgIpc) is 3.14. The summed E-state index contributed by atoms with van der Waals surface area (Å²) in [6.45, 7) is 1.13. The van der Waals surface area contributed by atoms with Crippen LogP contribution < -0.4 is 0 Å². The molecular formula is C17H20BrClN2. The molecule has 0 amide bonds. The Kier molecular flexibility index (Phi) is 3.74. The maximum absolute atomic E-state index is 5.98. The van der Waals surface area contributed by atoms with Crippen LogP contribution >= 0.6 is 27.5 Å². The number of alkyl halides is 1. The van der Waals surface area contributed by atoms with Gasteiger partial charge in [-0.1, -0.05) is 22.4 Å². The van der Waals surface area contributed by atoms with Crippen LogP contribution in [-0.4, -0.2) is 15.4 Å². The molecule has 4 rings (SSSR count). The van der Waals surface area contributed by atoms with Crippen molar-refractivity contribution in [3.8, 4) is 0 Å². The first-order chi connectivity index (χ1) is 10.2. The van der Waals surface area contributed by atoms with Crippen LogP contribution in [0.2, 0.25) is 0 Å². The molecule has 2 aliphatic rings. The van der Waals surface area contributed by atoms with Gasteiger partial charge in [-0.3, -0.25) is 0 Å². The summed E-state index contributed by atoms with van der Waals surface area (Å²) in [5, 5.41) is 0. The molecule has 0 spiro atoms. The van der Waals surface area contributed by atoms with E-state index >= 15 is 0 Å². The SMILES string of the molecule is ClCCc1nc2cc(Br)ccc2n1CC1CC2CCC1C2. The van der Waals surface area contributed by atoms with Gasteiger partial charge >= 0.3 is 0 Å². The van der Waals surface area contributed by atoms with Crippen LogP contribution in [0.15, 0.2) is 22.7 Å². The molecule has 21 heavy (non-hydrogen) atoms. The third-order valence-corrected chi connectivity index (χ3v) is 6.09. The predicted molar refractivity (Wildman–Crippen MR) is 90.8 cm³/mol. The highest BCUT2D eigenvalue weighted by Crippen LogP contribution is 2.49. The summed E-state index contributed by atoms with van der Waals surface area (Å²) < 4.78 is 3.53. The lowest BCUT2D eigenvalue weighted by molar-refractivity contribution is 0.296. The average molecular weight is 368 g/mol. The van der Waals surface area contributed by atoms with Gasteiger partial charge in [-0.05, 0) is 55.2 Å². The smallest absolute Gasteiger partial charge is 0.111 e. The molecule has 4 heteroatoms. The lowest BCUT2D eigenvalue weighted by atomic mass is 9.88. The number of nitrogens with zero attached hydrogens (tertiary/aromatic N) is 2. The van der Waals surface area contributed by atoms with E-state index < -0.39 is 0 Å². The van der Waals surface area contributed by atoms with Crippen molar-refractivity contribution in [3.63, 3.8) is 0 Å². The summed E-state index contributed by atoms with van der Waals surface area (Å²) in [6, 6.07) is 6.42. The van der Waals surface area contributed by atoms with Gasteiger partial charge < -0.3 is 4.57 Å². The lowest BCUT2D eigenvalue weighted by Gasteiger charge is -2.23. The number of fused-ring (bicyclic) bond motifs is 3. The predicted octanol–water partition coefficient (Wildman–Crippen LogP) is 5.02. The minimum absolute atomic E-state index is 0.640. The van der Waals surface area contributed by atoms with E-state index in [4.69, 9.17) is 16.6 Å². The van der Waals surface area contributed by atoms with Crippen LogP contribution in [-0.2, 0) is 13.0 Å². The first kappa shape index (κ1) is 14.1. The van der Waals surface area contributed by atoms with E-state index in [-0.39, 0.29) is 0 Å². The molecule has 2 bridgehead atoms. The summed E-state index contributed by atoms with van der Waals surface area (Å²) >= 11 is 9.53. The fraction of sp³-hybridized carbons (Fsp3) is 0.588. The molecule has 0 aliphatic heterocycles. The van der Waals surface area contributed by atoms with Crippen LogP contribution in [0.25, 0.3) is 11.0 Å². The normalized spacial score (nSPS) is 27.8. The van der Waals surface area contributed by atoms with Crippen molar-refractivity contribution in [2.24, 2.45) is 17.8 Å². The Labute approximate surface area is 139 Å². The van der Waals surface area contributed by atoms with E-state index in [1.54, 1.807) is 0 Å². The molecule has 2 nitrogen and oxygen atoms in total. The first-order valence-corrected chi connectivity index (χ1v) is 9.28. The van der Waals surface area contributed by atoms with E-state index in [9.17, 15) is 0 Å². The van der Waals surface area contributed by atoms with Crippen LogP contribution in [0.1, 0.15) is 31.5 Å². The molecule has 0 saturated heterocycles. The fourth-order valence-electron chi connectivity index (χ4n) is 4.47. The molecule has 2 aromatic rings. The Balaban J connectivity index is 1.70. The molecule has 1 aromatic carbocycles. The molecule has 1 aromatic heterocycles. The summed E-state index contributed by atoms with van der Waals surface area (Å²) in [7, 11) is 0. The first-order valence-electron chi connectivity index (χ1n) is 7.95. The monoisotopic (exact) mass is 366 g/mol. The minimum atomic E-state index is 0.640. The highest BCUT2D eigenvalue weighted by atomic mass is 79.9. The third-order valence-electron chi connectivity index (χ3n) is 5.41. The molecule has 1 heterocycles. The van der Waals surface area contributed by atoms with E-state index in [0.717, 1.165) is 46.5 Å². The second kappa shape index (κ2) is 5.58. The van der Waals surface area contributed by atoms with Crippen molar-refractivity contribution in [1.82, 2.24) is 9.55 Å². The largest absolute Gasteiger partial charge is 0.328 e. The number of aryl methyl sites for hydroxylation is 1. The van der Waals surface area contributed by atoms with Gasteiger partial charge in [0.1, 0.15) is 5.82 Å². The molecule has 3 unspecified atom stereocenters. The molecule has 3 atom stereocenters. The van der Waals surface area contributed by atoms with Crippen LogP contribution in [0.5, 0.6) is 0 Å². The molecule has 0 N–H and O–H groups in total. The Morgan fingerprint density at radius 3 is 2.90 bits per heavy atom. The number of benzene rings is 1. The Bertz CT molecular complexity index is 666. The maximum Gasteiger partial charge on any atom is 0.111 e. The summed E-state index contributed by atoms with van der Waals surface area (Å²) in [4.78, 5) is 4.82. The van der Waals surface area contributed by atoms with Gasteiger partial charge in [0.15, 0.2) is 0 Å². The topological polar surface area (TPSA) is 17.8 Å². The molecule has 2 aliphatic carbocycles. The van der Waals surface area contributed by atoms with Crippen molar-refractivity contribution in [2.45, 2.75) is 38.6 Å². The highest BCUT2D eigenvalue weighted by Gasteiger charge is 2.39. The van der Waals surface area contributed by atoms with Gasteiger partial charge in [-0.15, -0.1) is 11.6 Å². The van der Waals surface area contributed by atoms with Crippen molar-refractivity contribution in [3.05, 3.63) is 28.5 Å². The number of hydrogen-bond acceptors (Lipinski definition) is 1. The van der Waals surface area contributed by atoms with Gasteiger partial charge in [0.05, 0.1) is 11.0 Å². The lowest BCUT2D eigenvalue weighted by Crippen LogP contribution is -2.19. The van der Waals surface area contributed by atoms with Gasteiger partial charge in [0.25, 0.3) is 0 Å². The van der Waals surface area contributed by atoms with Crippen molar-refractivity contribution in [1.29, 1.82) is 0 Å². The van der Waals surface area contributed by atoms with Crippen LogP contribution in [0, 0.1) is 17.8 Å². The molecule has 2 fully saturated rings. The maximum atomic E-state index is 5.98. The van der Waals surface area contributed by atoms with E-state index in [2.05, 4.69) is 38.7 Å². The molecular weight excluding hydrogens is 348 g/mol. The second-order valence-electron chi connectivity index (χ2n) is 6.65. The number of hydrogen-bond donors (Lipinski definition) is 0. The Morgan fingerprint density at radius 2 is 2.19 bits per heavy atom. The molecule has 2 saturated carbocycles. The number of rotatable bonds is 4. The summed E-state index contributed by atoms with van der Waals surface area (Å²) in [6.07, 6.45) is 6.65. The summed E-state index contributed by atoms with van der Waals surface area (Å²) in [5.74, 6) is 4.59. The number of halogens is 2. The van der Waals surface area contributed by atoms with Gasteiger partial charge in [0, 0.05) is 23.3 Å². The zero-order chi connectivity index (χ0) is 14.4. The van der Waals surface area contributed by atoms with E-state index in [1.165, 1.54) is 31.2 Å². The van der Waals surface area contributed by atoms with Crippen LogP contribution in [0.4, 0.5) is 0 Å². The van der Waals surface area contributed by atoms with Gasteiger partial charge in [-0.2, -0.15) is 0 Å². The third kappa shape index (κ3) is 2.53. The Hall–Kier alpha value is -0.540. The number of aromatic nitrogens is 2.